The van der Waals surface area contributed by atoms with E-state index in [1.807, 2.05) is 0 Å². The van der Waals surface area contributed by atoms with Crippen LogP contribution in [0.25, 0.3) is 0 Å². The number of methoxy groups -OCH3 is 1. The molecule has 15 heavy (non-hydrogen) atoms. The largest absolute Gasteiger partial charge is 0.392 e. The second-order valence-electron chi connectivity index (χ2n) is 3.41. The third-order valence-electron chi connectivity index (χ3n) is 2.29. The van der Waals surface area contributed by atoms with Crippen LogP contribution < -0.4 is 10.6 Å². The minimum Gasteiger partial charge on any atom is -0.392 e. The first-order valence-corrected chi connectivity index (χ1v) is 4.89. The van der Waals surface area contributed by atoms with Crippen LogP contribution in [0.2, 0.25) is 0 Å². The van der Waals surface area contributed by atoms with Crippen molar-refractivity contribution in [2.24, 2.45) is 5.92 Å². The molecule has 0 radical (unpaired) electrons. The quantitative estimate of drug-likeness (QED) is 0.384. The van der Waals surface area contributed by atoms with Crippen molar-refractivity contribution in [1.29, 1.82) is 0 Å². The number of nitrogens with one attached hydrogen (secondary N) is 2. The molecule has 2 unspecified atom stereocenters. The van der Waals surface area contributed by atoms with Gasteiger partial charge < -0.3 is 20.5 Å². The number of aliphatic hydroxyl groups is 1. The Kier molecular flexibility index (Phi) is 4.51. The zero-order valence-corrected chi connectivity index (χ0v) is 8.66. The van der Waals surface area contributed by atoms with Gasteiger partial charge in [0.25, 0.3) is 0 Å². The molecule has 1 aliphatic rings. The van der Waals surface area contributed by atoms with Crippen LogP contribution in [0.15, 0.2) is 0 Å². The summed E-state index contributed by atoms with van der Waals surface area (Å²) >= 11 is 0. The Hall–Kier alpha value is -1.14. The highest BCUT2D eigenvalue weighted by atomic mass is 16.5. The molecule has 0 aromatic rings. The van der Waals surface area contributed by atoms with Gasteiger partial charge in [0.1, 0.15) is 5.92 Å². The third kappa shape index (κ3) is 3.17. The van der Waals surface area contributed by atoms with Crippen LogP contribution in [0.5, 0.6) is 0 Å². The Morgan fingerprint density at radius 2 is 2.47 bits per heavy atom. The van der Waals surface area contributed by atoms with Crippen LogP contribution in [-0.4, -0.2) is 49.8 Å². The number of hydrogen-bond donors (Lipinski definition) is 3. The maximum atomic E-state index is 11.5. The fraction of sp³-hybridized carbons (Fsp3) is 0.778. The lowest BCUT2D eigenvalue weighted by molar-refractivity contribution is -0.142. The van der Waals surface area contributed by atoms with Crippen molar-refractivity contribution in [3.05, 3.63) is 0 Å². The predicted molar refractivity (Wildman–Crippen MR) is 52.0 cm³/mol. The molecule has 6 nitrogen and oxygen atoms in total. The lowest BCUT2D eigenvalue weighted by Crippen LogP contribution is -2.52. The molecule has 0 saturated carbocycles. The Labute approximate surface area is 88.0 Å². The highest BCUT2D eigenvalue weighted by Crippen LogP contribution is 2.12. The summed E-state index contributed by atoms with van der Waals surface area (Å²) in [4.78, 5) is 22.8. The van der Waals surface area contributed by atoms with Crippen molar-refractivity contribution in [3.63, 3.8) is 0 Å². The molecular formula is C9H16N2O4. The molecule has 0 aromatic carbocycles. The summed E-state index contributed by atoms with van der Waals surface area (Å²) in [6.07, 6.45) is -0.477. The third-order valence-corrected chi connectivity index (χ3v) is 2.29. The van der Waals surface area contributed by atoms with E-state index in [0.29, 0.717) is 26.1 Å². The molecule has 1 rings (SSSR count). The molecule has 0 aromatic heterocycles. The fourth-order valence-electron chi connectivity index (χ4n) is 1.47. The lowest BCUT2D eigenvalue weighted by atomic mass is 9.94. The molecule has 1 fully saturated rings. The molecular weight excluding hydrogens is 200 g/mol. The molecule has 1 heterocycles. The zero-order valence-electron chi connectivity index (χ0n) is 8.66. The van der Waals surface area contributed by atoms with Gasteiger partial charge in [0, 0.05) is 20.2 Å². The maximum absolute atomic E-state index is 11.5. The van der Waals surface area contributed by atoms with E-state index in [4.69, 9.17) is 4.74 Å². The van der Waals surface area contributed by atoms with Gasteiger partial charge >= 0.3 is 0 Å². The number of piperidine rings is 1. The van der Waals surface area contributed by atoms with Crippen LogP contribution in [-0.2, 0) is 14.3 Å². The first-order valence-electron chi connectivity index (χ1n) is 4.89. The standard InChI is InChI=1S/C9H16N2O4/c1-15-5-4-11-9(14)7-6(12)2-3-10-8(7)13/h6-7,12H,2-5H2,1H3,(H,10,13)(H,11,14). The summed E-state index contributed by atoms with van der Waals surface area (Å²) in [5.41, 5.74) is 0. The Morgan fingerprint density at radius 1 is 1.73 bits per heavy atom. The van der Waals surface area contributed by atoms with Gasteiger partial charge in [0.05, 0.1) is 12.7 Å². The molecule has 2 amide bonds. The smallest absolute Gasteiger partial charge is 0.235 e. The summed E-state index contributed by atoms with van der Waals surface area (Å²) in [5.74, 6) is -1.85. The number of carbonyl (C=O) groups excluding carboxylic acids is 2. The number of rotatable bonds is 4. The van der Waals surface area contributed by atoms with Crippen LogP contribution in [0.3, 0.4) is 0 Å². The number of amides is 2. The van der Waals surface area contributed by atoms with E-state index >= 15 is 0 Å². The van der Waals surface area contributed by atoms with Gasteiger partial charge in [0.15, 0.2) is 0 Å². The second kappa shape index (κ2) is 5.67. The summed E-state index contributed by atoms with van der Waals surface area (Å²) in [5, 5.41) is 14.6. The van der Waals surface area contributed by atoms with Crippen LogP contribution in [0.4, 0.5) is 0 Å². The summed E-state index contributed by atoms with van der Waals surface area (Å²) < 4.78 is 4.76. The van der Waals surface area contributed by atoms with Crippen LogP contribution in [0.1, 0.15) is 6.42 Å². The minimum atomic E-state index is -0.990. The molecule has 0 aliphatic carbocycles. The van der Waals surface area contributed by atoms with Crippen molar-refractivity contribution in [2.45, 2.75) is 12.5 Å². The monoisotopic (exact) mass is 216 g/mol. The first kappa shape index (κ1) is 11.9. The summed E-state index contributed by atoms with van der Waals surface area (Å²) in [7, 11) is 1.52. The summed E-state index contributed by atoms with van der Waals surface area (Å²) in [6.45, 7) is 1.14. The average molecular weight is 216 g/mol. The Balaban J connectivity index is 2.45. The molecule has 0 bridgehead atoms. The topological polar surface area (TPSA) is 87.7 Å². The predicted octanol–water partition coefficient (Wildman–Crippen LogP) is -1.75. The van der Waals surface area contributed by atoms with Crippen LogP contribution >= 0.6 is 0 Å². The van der Waals surface area contributed by atoms with Crippen LogP contribution in [0, 0.1) is 5.92 Å². The van der Waals surface area contributed by atoms with Gasteiger partial charge in [-0.1, -0.05) is 0 Å². The normalized spacial score (nSPS) is 25.9. The molecule has 1 saturated heterocycles. The van der Waals surface area contributed by atoms with Gasteiger partial charge in [-0.2, -0.15) is 0 Å². The van der Waals surface area contributed by atoms with Gasteiger partial charge in [-0.3, -0.25) is 9.59 Å². The van der Waals surface area contributed by atoms with E-state index in [1.54, 1.807) is 0 Å². The van der Waals surface area contributed by atoms with Crippen molar-refractivity contribution in [2.75, 3.05) is 26.8 Å². The molecule has 2 atom stereocenters. The Morgan fingerprint density at radius 3 is 3.07 bits per heavy atom. The SMILES string of the molecule is COCCNC(=O)C1C(=O)NCCC1O. The van der Waals surface area contributed by atoms with E-state index < -0.39 is 23.8 Å². The number of aliphatic hydroxyl groups excluding tert-OH is 1. The number of ether oxygens (including phenoxy) is 1. The van der Waals surface area contributed by atoms with Gasteiger partial charge in [0.2, 0.25) is 11.8 Å². The number of hydrogen-bond acceptors (Lipinski definition) is 4. The molecule has 6 heteroatoms. The minimum absolute atomic E-state index is 0.339. The first-order chi connectivity index (χ1) is 7.16. The van der Waals surface area contributed by atoms with Gasteiger partial charge in [-0.15, -0.1) is 0 Å². The second-order valence-corrected chi connectivity index (χ2v) is 3.41. The molecule has 0 spiro atoms. The van der Waals surface area contributed by atoms with Gasteiger partial charge in [-0.25, -0.2) is 0 Å². The zero-order chi connectivity index (χ0) is 11.3. The highest BCUT2D eigenvalue weighted by Gasteiger charge is 2.36. The van der Waals surface area contributed by atoms with Crippen molar-refractivity contribution in [3.8, 4) is 0 Å². The highest BCUT2D eigenvalue weighted by molar-refractivity contribution is 6.01. The van der Waals surface area contributed by atoms with Crippen molar-refractivity contribution < 1.29 is 19.4 Å². The van der Waals surface area contributed by atoms with E-state index in [0.717, 1.165) is 0 Å². The van der Waals surface area contributed by atoms with Crippen molar-refractivity contribution >= 4 is 11.8 Å². The number of carbonyl (C=O) groups is 2. The lowest BCUT2D eigenvalue weighted by Gasteiger charge is -2.26. The van der Waals surface area contributed by atoms with E-state index in [-0.39, 0.29) is 0 Å². The van der Waals surface area contributed by atoms with E-state index in [9.17, 15) is 14.7 Å². The average Bonchev–Trinajstić information content (AvgIpc) is 2.18. The van der Waals surface area contributed by atoms with Crippen molar-refractivity contribution in [1.82, 2.24) is 10.6 Å². The fourth-order valence-corrected chi connectivity index (χ4v) is 1.47. The van der Waals surface area contributed by atoms with Gasteiger partial charge in [-0.05, 0) is 6.42 Å². The Bertz CT molecular complexity index is 244. The van der Waals surface area contributed by atoms with E-state index in [2.05, 4.69) is 10.6 Å². The molecule has 1 aliphatic heterocycles. The molecule has 3 N–H and O–H groups in total. The maximum Gasteiger partial charge on any atom is 0.235 e. The molecule has 86 valence electrons. The summed E-state index contributed by atoms with van der Waals surface area (Å²) in [6, 6.07) is 0. The van der Waals surface area contributed by atoms with E-state index in [1.165, 1.54) is 7.11 Å².